The molecule has 4 N–H and O–H groups in total. The van der Waals surface area contributed by atoms with Crippen molar-refractivity contribution in [3.05, 3.63) is 72.8 Å². The lowest BCUT2D eigenvalue weighted by atomic mass is 10.1. The van der Waals surface area contributed by atoms with Crippen molar-refractivity contribution in [1.29, 1.82) is 0 Å². The summed E-state index contributed by atoms with van der Waals surface area (Å²) in [5.41, 5.74) is 13.1. The monoisotopic (exact) mass is 476 g/mol. The Kier molecular flexibility index (Phi) is 9.00. The molecule has 35 heavy (non-hydrogen) atoms. The van der Waals surface area contributed by atoms with Crippen molar-refractivity contribution in [2.45, 2.75) is 0 Å². The van der Waals surface area contributed by atoms with E-state index >= 15 is 0 Å². The molecule has 0 atom stereocenters. The van der Waals surface area contributed by atoms with Crippen molar-refractivity contribution < 1.29 is 23.7 Å². The molecule has 4 aromatic carbocycles. The molecule has 0 aromatic heterocycles. The van der Waals surface area contributed by atoms with Crippen molar-refractivity contribution in [2.24, 2.45) is 0 Å². The fraction of sp³-hybridized carbons (Fsp3) is 0.286. The standard InChI is InChI=1S/C28H32N2O5/c29-25-5-1-23-19-27(7-3-21(23)17-25)34-15-13-32-11-9-31-10-12-33-14-16-35-28-8-4-22-18-26(30)6-2-24(22)20-28/h1-8,17-20H,9-16,29-30H2. The normalized spacial score (nSPS) is 11.2. The average molecular weight is 477 g/mol. The Balaban J connectivity index is 0.980. The summed E-state index contributed by atoms with van der Waals surface area (Å²) in [6, 6.07) is 23.5. The van der Waals surface area contributed by atoms with Crippen LogP contribution in [0.15, 0.2) is 72.8 Å². The molecule has 4 aromatic rings. The molecule has 7 heteroatoms. The van der Waals surface area contributed by atoms with E-state index in [9.17, 15) is 0 Å². The van der Waals surface area contributed by atoms with Gasteiger partial charge in [0.2, 0.25) is 0 Å². The Bertz CT molecular complexity index is 1140. The molecular weight excluding hydrogens is 444 g/mol. The first kappa shape index (κ1) is 24.6. The molecule has 0 bridgehead atoms. The summed E-state index contributed by atoms with van der Waals surface area (Å²) in [6.07, 6.45) is 0. The summed E-state index contributed by atoms with van der Waals surface area (Å²) >= 11 is 0. The van der Waals surface area contributed by atoms with Gasteiger partial charge >= 0.3 is 0 Å². The van der Waals surface area contributed by atoms with Gasteiger partial charge in [-0.25, -0.2) is 0 Å². The Labute approximate surface area is 205 Å². The highest BCUT2D eigenvalue weighted by atomic mass is 16.6. The van der Waals surface area contributed by atoms with Crippen LogP contribution >= 0.6 is 0 Å². The van der Waals surface area contributed by atoms with Crippen molar-refractivity contribution in [3.63, 3.8) is 0 Å². The zero-order valence-corrected chi connectivity index (χ0v) is 19.8. The summed E-state index contributed by atoms with van der Waals surface area (Å²) in [4.78, 5) is 0. The maximum absolute atomic E-state index is 5.81. The van der Waals surface area contributed by atoms with Crippen LogP contribution in [0.3, 0.4) is 0 Å². The van der Waals surface area contributed by atoms with Crippen LogP contribution < -0.4 is 20.9 Å². The maximum atomic E-state index is 5.81. The summed E-state index contributed by atoms with van der Waals surface area (Å²) in [5, 5.41) is 4.39. The molecule has 0 unspecified atom stereocenters. The summed E-state index contributed by atoms with van der Waals surface area (Å²) in [7, 11) is 0. The minimum absolute atomic E-state index is 0.481. The molecule has 0 amide bonds. The van der Waals surface area contributed by atoms with Gasteiger partial charge in [0, 0.05) is 11.4 Å². The second-order valence-electron chi connectivity index (χ2n) is 8.07. The number of ether oxygens (including phenoxy) is 5. The van der Waals surface area contributed by atoms with Crippen molar-refractivity contribution >= 4 is 32.9 Å². The second-order valence-corrected chi connectivity index (χ2v) is 8.07. The van der Waals surface area contributed by atoms with E-state index in [1.165, 1.54) is 0 Å². The number of hydrogen-bond acceptors (Lipinski definition) is 7. The van der Waals surface area contributed by atoms with Crippen molar-refractivity contribution in [3.8, 4) is 11.5 Å². The smallest absolute Gasteiger partial charge is 0.120 e. The van der Waals surface area contributed by atoms with Crippen LogP contribution in [0.1, 0.15) is 0 Å². The molecular formula is C28H32N2O5. The lowest BCUT2D eigenvalue weighted by Gasteiger charge is -2.10. The van der Waals surface area contributed by atoms with Crippen LogP contribution in [0, 0.1) is 0 Å². The Morgan fingerprint density at radius 1 is 0.400 bits per heavy atom. The van der Waals surface area contributed by atoms with Crippen molar-refractivity contribution in [2.75, 3.05) is 64.3 Å². The molecule has 184 valence electrons. The van der Waals surface area contributed by atoms with Crippen LogP contribution in [0.2, 0.25) is 0 Å². The van der Waals surface area contributed by atoms with Crippen LogP contribution in [-0.2, 0) is 14.2 Å². The highest BCUT2D eigenvalue weighted by molar-refractivity contribution is 5.87. The molecule has 0 aliphatic rings. The van der Waals surface area contributed by atoms with Gasteiger partial charge in [-0.2, -0.15) is 0 Å². The zero-order valence-electron chi connectivity index (χ0n) is 19.8. The first-order valence-corrected chi connectivity index (χ1v) is 11.7. The molecule has 0 spiro atoms. The van der Waals surface area contributed by atoms with E-state index in [4.69, 9.17) is 35.2 Å². The average Bonchev–Trinajstić information content (AvgIpc) is 2.86. The fourth-order valence-corrected chi connectivity index (χ4v) is 3.64. The van der Waals surface area contributed by atoms with E-state index in [2.05, 4.69) is 0 Å². The molecule has 0 radical (unpaired) electrons. The number of nitrogens with two attached hydrogens (primary N) is 2. The molecule has 0 saturated carbocycles. The van der Waals surface area contributed by atoms with Gasteiger partial charge in [0.25, 0.3) is 0 Å². The number of rotatable bonds is 14. The van der Waals surface area contributed by atoms with Crippen LogP contribution in [0.4, 0.5) is 11.4 Å². The molecule has 0 aliphatic carbocycles. The molecule has 0 saturated heterocycles. The molecule has 0 fully saturated rings. The van der Waals surface area contributed by atoms with Gasteiger partial charge in [-0.1, -0.05) is 24.3 Å². The van der Waals surface area contributed by atoms with Crippen LogP contribution in [-0.4, -0.2) is 52.9 Å². The van der Waals surface area contributed by atoms with E-state index in [0.717, 1.165) is 44.4 Å². The zero-order chi connectivity index (χ0) is 24.3. The van der Waals surface area contributed by atoms with Gasteiger partial charge in [-0.3, -0.25) is 0 Å². The van der Waals surface area contributed by atoms with E-state index in [1.54, 1.807) is 0 Å². The second kappa shape index (κ2) is 12.8. The molecule has 0 aliphatic heterocycles. The number of hydrogen-bond donors (Lipinski definition) is 2. The van der Waals surface area contributed by atoms with E-state index < -0.39 is 0 Å². The minimum Gasteiger partial charge on any atom is -0.491 e. The number of nitrogen functional groups attached to an aromatic ring is 2. The van der Waals surface area contributed by atoms with Crippen LogP contribution in [0.5, 0.6) is 11.5 Å². The summed E-state index contributed by atoms with van der Waals surface area (Å²) in [6.45, 7) is 4.01. The van der Waals surface area contributed by atoms with E-state index in [-0.39, 0.29) is 0 Å². The number of benzene rings is 4. The Morgan fingerprint density at radius 2 is 0.743 bits per heavy atom. The summed E-state index contributed by atoms with van der Waals surface area (Å²) < 4.78 is 28.1. The summed E-state index contributed by atoms with van der Waals surface area (Å²) in [5.74, 6) is 1.63. The minimum atomic E-state index is 0.481. The SMILES string of the molecule is Nc1ccc2cc(OCCOCCOCCOCCOc3ccc4cc(N)ccc4c3)ccc2c1. The maximum Gasteiger partial charge on any atom is 0.120 e. The van der Waals surface area contributed by atoms with Crippen LogP contribution in [0.25, 0.3) is 21.5 Å². The first-order chi connectivity index (χ1) is 17.2. The van der Waals surface area contributed by atoms with Gasteiger partial charge in [-0.15, -0.1) is 0 Å². The molecule has 7 nitrogen and oxygen atoms in total. The largest absolute Gasteiger partial charge is 0.491 e. The van der Waals surface area contributed by atoms with Gasteiger partial charge in [0.15, 0.2) is 0 Å². The van der Waals surface area contributed by atoms with Gasteiger partial charge in [0.05, 0.1) is 39.6 Å². The lowest BCUT2D eigenvalue weighted by Crippen LogP contribution is -2.14. The Morgan fingerprint density at radius 3 is 1.17 bits per heavy atom. The topological polar surface area (TPSA) is 98.2 Å². The van der Waals surface area contributed by atoms with Gasteiger partial charge < -0.3 is 35.2 Å². The molecule has 0 heterocycles. The van der Waals surface area contributed by atoms with Gasteiger partial charge in [0.1, 0.15) is 24.7 Å². The number of anilines is 2. The lowest BCUT2D eigenvalue weighted by molar-refractivity contribution is 0.00500. The quantitative estimate of drug-likeness (QED) is 0.202. The predicted octanol–water partition coefficient (Wildman–Crippen LogP) is 4.67. The third-order valence-corrected chi connectivity index (χ3v) is 5.41. The highest BCUT2D eigenvalue weighted by Gasteiger charge is 2.00. The fourth-order valence-electron chi connectivity index (χ4n) is 3.64. The first-order valence-electron chi connectivity index (χ1n) is 11.7. The third kappa shape index (κ3) is 7.75. The van der Waals surface area contributed by atoms with Gasteiger partial charge in [-0.05, 0) is 70.1 Å². The van der Waals surface area contributed by atoms with E-state index in [1.807, 2.05) is 72.8 Å². The molecule has 4 rings (SSSR count). The predicted molar refractivity (Wildman–Crippen MR) is 140 cm³/mol. The number of fused-ring (bicyclic) bond motifs is 2. The van der Waals surface area contributed by atoms with E-state index in [0.29, 0.717) is 52.9 Å². The Hall–Kier alpha value is -3.52. The third-order valence-electron chi connectivity index (χ3n) is 5.41. The highest BCUT2D eigenvalue weighted by Crippen LogP contribution is 2.23. The van der Waals surface area contributed by atoms with Crippen molar-refractivity contribution in [1.82, 2.24) is 0 Å².